The Kier molecular flexibility index (Phi) is 5.45. The maximum atomic E-state index is 12.3. The molecule has 1 fully saturated rings. The van der Waals surface area contributed by atoms with Crippen molar-refractivity contribution >= 4 is 27.9 Å². The molecule has 1 heterocycles. The predicted octanol–water partition coefficient (Wildman–Crippen LogP) is 3.98. The van der Waals surface area contributed by atoms with Gasteiger partial charge in [0.05, 0.1) is 7.11 Å². The molecule has 1 aromatic rings. The number of likely N-dealkylation sites (tertiary alicyclic amines) is 1. The molecule has 1 aromatic carbocycles. The summed E-state index contributed by atoms with van der Waals surface area (Å²) in [4.78, 5) is 14.3. The van der Waals surface area contributed by atoms with Gasteiger partial charge in [0.25, 0.3) is 0 Å². The van der Waals surface area contributed by atoms with Crippen LogP contribution < -0.4 is 4.74 Å². The molecule has 0 spiro atoms. The van der Waals surface area contributed by atoms with Crippen LogP contribution in [0.15, 0.2) is 28.7 Å². The van der Waals surface area contributed by atoms with Gasteiger partial charge in [0, 0.05) is 29.2 Å². The average Bonchev–Trinajstić information content (AvgIpc) is 2.43. The van der Waals surface area contributed by atoms with Crippen molar-refractivity contribution < 1.29 is 9.53 Å². The number of halogens is 1. The van der Waals surface area contributed by atoms with E-state index in [1.807, 2.05) is 29.2 Å². The van der Waals surface area contributed by atoms with Crippen LogP contribution in [0.2, 0.25) is 0 Å². The van der Waals surface area contributed by atoms with Crippen molar-refractivity contribution in [2.45, 2.75) is 20.3 Å². The first-order valence-corrected chi connectivity index (χ1v) is 8.09. The summed E-state index contributed by atoms with van der Waals surface area (Å²) in [5.74, 6) is 2.00. The molecule has 1 saturated heterocycles. The van der Waals surface area contributed by atoms with Crippen molar-refractivity contribution in [3.8, 4) is 5.75 Å². The fraction of sp³-hybridized carbons (Fsp3) is 0.471. The topological polar surface area (TPSA) is 29.5 Å². The van der Waals surface area contributed by atoms with Gasteiger partial charge in [-0.05, 0) is 42.5 Å². The molecule has 0 radical (unpaired) electrons. The molecule has 0 aromatic heterocycles. The number of rotatable bonds is 3. The van der Waals surface area contributed by atoms with Crippen molar-refractivity contribution in [3.63, 3.8) is 0 Å². The summed E-state index contributed by atoms with van der Waals surface area (Å²) in [6.07, 6.45) is 4.68. The van der Waals surface area contributed by atoms with E-state index in [0.717, 1.165) is 28.9 Å². The van der Waals surface area contributed by atoms with E-state index < -0.39 is 0 Å². The molecule has 1 aliphatic rings. The van der Waals surface area contributed by atoms with Crippen molar-refractivity contribution in [2.75, 3.05) is 20.2 Å². The molecule has 1 amide bonds. The largest absolute Gasteiger partial charge is 0.496 e. The van der Waals surface area contributed by atoms with Crippen LogP contribution in [0, 0.1) is 11.8 Å². The normalized spacial score (nSPS) is 22.6. The summed E-state index contributed by atoms with van der Waals surface area (Å²) in [6, 6.07) is 5.76. The summed E-state index contributed by atoms with van der Waals surface area (Å²) >= 11 is 3.44. The highest BCUT2D eigenvalue weighted by molar-refractivity contribution is 9.10. The van der Waals surface area contributed by atoms with Crippen molar-refractivity contribution in [1.29, 1.82) is 0 Å². The molecule has 0 bridgehead atoms. The third-order valence-corrected chi connectivity index (χ3v) is 4.27. The number of methoxy groups -OCH3 is 1. The molecule has 0 N–H and O–H groups in total. The SMILES string of the molecule is COc1ccc(Br)cc1/C=C/C(=O)N1CC(C)CC(C)C1. The lowest BCUT2D eigenvalue weighted by molar-refractivity contribution is -0.128. The molecule has 4 heteroatoms. The van der Waals surface area contributed by atoms with E-state index in [4.69, 9.17) is 4.74 Å². The minimum Gasteiger partial charge on any atom is -0.496 e. The van der Waals surface area contributed by atoms with Gasteiger partial charge in [-0.2, -0.15) is 0 Å². The molecule has 3 nitrogen and oxygen atoms in total. The second kappa shape index (κ2) is 7.12. The Balaban J connectivity index is 2.10. The molecule has 1 aliphatic heterocycles. The van der Waals surface area contributed by atoms with Gasteiger partial charge >= 0.3 is 0 Å². The van der Waals surface area contributed by atoms with Crippen LogP contribution in [0.4, 0.5) is 0 Å². The zero-order valence-electron chi connectivity index (χ0n) is 12.8. The first-order chi connectivity index (χ1) is 9.99. The van der Waals surface area contributed by atoms with E-state index in [1.165, 1.54) is 6.42 Å². The summed E-state index contributed by atoms with van der Waals surface area (Å²) < 4.78 is 6.28. The predicted molar refractivity (Wildman–Crippen MR) is 89.3 cm³/mol. The third-order valence-electron chi connectivity index (χ3n) is 3.78. The van der Waals surface area contributed by atoms with Crippen LogP contribution in [0.25, 0.3) is 6.08 Å². The lowest BCUT2D eigenvalue weighted by Crippen LogP contribution is -2.41. The highest BCUT2D eigenvalue weighted by atomic mass is 79.9. The summed E-state index contributed by atoms with van der Waals surface area (Å²) in [6.45, 7) is 6.11. The maximum absolute atomic E-state index is 12.3. The molecular weight excluding hydrogens is 330 g/mol. The first-order valence-electron chi connectivity index (χ1n) is 7.30. The molecule has 21 heavy (non-hydrogen) atoms. The third kappa shape index (κ3) is 4.34. The van der Waals surface area contributed by atoms with Crippen LogP contribution in [-0.2, 0) is 4.79 Å². The fourth-order valence-corrected chi connectivity index (χ4v) is 3.32. The lowest BCUT2D eigenvalue weighted by Gasteiger charge is -2.34. The number of hydrogen-bond acceptors (Lipinski definition) is 2. The minimum atomic E-state index is 0.0791. The Morgan fingerprint density at radius 1 is 1.33 bits per heavy atom. The number of hydrogen-bond donors (Lipinski definition) is 0. The average molecular weight is 352 g/mol. The van der Waals surface area contributed by atoms with Crippen molar-refractivity contribution in [1.82, 2.24) is 4.90 Å². The second-order valence-corrected chi connectivity index (χ2v) is 6.82. The zero-order valence-corrected chi connectivity index (χ0v) is 14.4. The Bertz CT molecular complexity index is 532. The number of amides is 1. The van der Waals surface area contributed by atoms with E-state index in [1.54, 1.807) is 13.2 Å². The van der Waals surface area contributed by atoms with Crippen molar-refractivity contribution in [3.05, 3.63) is 34.3 Å². The molecule has 2 atom stereocenters. The van der Waals surface area contributed by atoms with Gasteiger partial charge in [-0.25, -0.2) is 0 Å². The molecule has 2 rings (SSSR count). The summed E-state index contributed by atoms with van der Waals surface area (Å²) in [7, 11) is 1.64. The van der Waals surface area contributed by atoms with Crippen LogP contribution in [0.1, 0.15) is 25.8 Å². The van der Waals surface area contributed by atoms with Gasteiger partial charge in [-0.3, -0.25) is 4.79 Å². The Morgan fingerprint density at radius 2 is 2.00 bits per heavy atom. The van der Waals surface area contributed by atoms with Gasteiger partial charge < -0.3 is 9.64 Å². The summed E-state index contributed by atoms with van der Waals surface area (Å²) in [5, 5.41) is 0. The molecule has 0 aliphatic carbocycles. The monoisotopic (exact) mass is 351 g/mol. The van der Waals surface area contributed by atoms with E-state index in [-0.39, 0.29) is 5.91 Å². The van der Waals surface area contributed by atoms with E-state index in [0.29, 0.717) is 11.8 Å². The number of carbonyl (C=O) groups excluding carboxylic acids is 1. The van der Waals surface area contributed by atoms with Gasteiger partial charge in [-0.1, -0.05) is 29.8 Å². The van der Waals surface area contributed by atoms with E-state index >= 15 is 0 Å². The molecule has 114 valence electrons. The van der Waals surface area contributed by atoms with E-state index in [2.05, 4.69) is 29.8 Å². The second-order valence-electron chi connectivity index (χ2n) is 5.91. The number of piperidine rings is 1. The zero-order chi connectivity index (χ0) is 15.4. The Morgan fingerprint density at radius 3 is 2.62 bits per heavy atom. The van der Waals surface area contributed by atoms with Gasteiger partial charge in [0.15, 0.2) is 0 Å². The molecule has 0 saturated carbocycles. The Labute approximate surface area is 135 Å². The van der Waals surface area contributed by atoms with E-state index in [9.17, 15) is 4.79 Å². The number of nitrogens with zero attached hydrogens (tertiary/aromatic N) is 1. The summed E-state index contributed by atoms with van der Waals surface area (Å²) in [5.41, 5.74) is 0.901. The molecular formula is C17H22BrNO2. The lowest BCUT2D eigenvalue weighted by atomic mass is 9.92. The van der Waals surface area contributed by atoms with Gasteiger partial charge in [-0.15, -0.1) is 0 Å². The minimum absolute atomic E-state index is 0.0791. The maximum Gasteiger partial charge on any atom is 0.246 e. The van der Waals surface area contributed by atoms with Crippen molar-refractivity contribution in [2.24, 2.45) is 11.8 Å². The first kappa shape index (κ1) is 16.1. The van der Waals surface area contributed by atoms with Crippen LogP contribution in [0.3, 0.4) is 0 Å². The molecule has 2 unspecified atom stereocenters. The highest BCUT2D eigenvalue weighted by Gasteiger charge is 2.23. The number of ether oxygens (including phenoxy) is 1. The van der Waals surface area contributed by atoms with Crippen LogP contribution >= 0.6 is 15.9 Å². The highest BCUT2D eigenvalue weighted by Crippen LogP contribution is 2.25. The van der Waals surface area contributed by atoms with Gasteiger partial charge in [0.1, 0.15) is 5.75 Å². The fourth-order valence-electron chi connectivity index (χ4n) is 2.94. The smallest absolute Gasteiger partial charge is 0.246 e. The number of benzene rings is 1. The Hall–Kier alpha value is -1.29. The van der Waals surface area contributed by atoms with Crippen LogP contribution in [0.5, 0.6) is 5.75 Å². The standard InChI is InChI=1S/C17H22BrNO2/c1-12-8-13(2)11-19(10-12)17(20)7-4-14-9-15(18)5-6-16(14)21-3/h4-7,9,12-13H,8,10-11H2,1-3H3/b7-4+. The van der Waals surface area contributed by atoms with Gasteiger partial charge in [0.2, 0.25) is 5.91 Å². The van der Waals surface area contributed by atoms with Crippen LogP contribution in [-0.4, -0.2) is 31.0 Å². The quantitative estimate of drug-likeness (QED) is 0.771. The number of carbonyl (C=O) groups is 1.